The van der Waals surface area contributed by atoms with Crippen molar-refractivity contribution in [3.8, 4) is 0 Å². The van der Waals surface area contributed by atoms with Crippen molar-refractivity contribution in [1.82, 2.24) is 0 Å². The molecule has 0 spiro atoms. The molecule has 2 amide bonds. The van der Waals surface area contributed by atoms with Gasteiger partial charge < -0.3 is 0 Å². The van der Waals surface area contributed by atoms with Crippen molar-refractivity contribution in [2.45, 2.75) is 11.3 Å². The largest absolute Gasteiger partial charge is 0.274 e. The number of imide groups is 1. The maximum absolute atomic E-state index is 14.4. The third-order valence-electron chi connectivity index (χ3n) is 8.02. The molecule has 8 rings (SSSR count). The van der Waals surface area contributed by atoms with Crippen molar-refractivity contribution >= 4 is 56.9 Å². The third kappa shape index (κ3) is 3.04. The molecule has 0 N–H and O–H groups in total. The van der Waals surface area contributed by atoms with Crippen molar-refractivity contribution in [3.05, 3.63) is 129 Å². The summed E-state index contributed by atoms with van der Waals surface area (Å²) >= 11 is 9.99. The Labute approximate surface area is 227 Å². The minimum atomic E-state index is -0.900. The van der Waals surface area contributed by atoms with Crippen LogP contribution in [0.3, 0.4) is 0 Å². The van der Waals surface area contributed by atoms with Gasteiger partial charge in [-0.15, -0.1) is 0 Å². The van der Waals surface area contributed by atoms with Crippen LogP contribution in [0.4, 0.5) is 11.4 Å². The smallest absolute Gasteiger partial charge is 0.239 e. The van der Waals surface area contributed by atoms with E-state index in [4.69, 9.17) is 16.6 Å². The number of hydrogen-bond acceptors (Lipinski definition) is 3. The average Bonchev–Trinajstić information content (AvgIpc) is 3.19. The van der Waals surface area contributed by atoms with Crippen LogP contribution in [0.25, 0.3) is 0 Å². The number of aliphatic imine (C=N–C) groups is 1. The second-order valence-electron chi connectivity index (χ2n) is 9.72. The first-order valence-electron chi connectivity index (χ1n) is 12.1. The van der Waals surface area contributed by atoms with Gasteiger partial charge >= 0.3 is 0 Å². The molecule has 4 aromatic rings. The Morgan fingerprint density at radius 1 is 0.784 bits per heavy atom. The van der Waals surface area contributed by atoms with Crippen LogP contribution in [0.15, 0.2) is 107 Å². The number of rotatable bonds is 3. The first-order valence-corrected chi connectivity index (χ1v) is 13.3. The van der Waals surface area contributed by atoms with Crippen LogP contribution in [0, 0.1) is 11.8 Å². The van der Waals surface area contributed by atoms with Crippen LogP contribution in [-0.4, -0.2) is 18.0 Å². The molecule has 1 fully saturated rings. The van der Waals surface area contributed by atoms with Gasteiger partial charge in [-0.05, 0) is 58.7 Å². The quantitative estimate of drug-likeness (QED) is 0.197. The van der Waals surface area contributed by atoms with E-state index in [-0.39, 0.29) is 17.7 Å². The summed E-state index contributed by atoms with van der Waals surface area (Å²) in [4.78, 5) is 34.7. The molecule has 2 atom stereocenters. The van der Waals surface area contributed by atoms with E-state index in [0.29, 0.717) is 10.7 Å². The molecule has 4 aliphatic rings. The number of hydrogen-bond donors (Lipinski definition) is 0. The molecule has 37 heavy (non-hydrogen) atoms. The fourth-order valence-corrected chi connectivity index (χ4v) is 7.11. The fourth-order valence-electron chi connectivity index (χ4n) is 6.62. The summed E-state index contributed by atoms with van der Waals surface area (Å²) in [6.45, 7) is 0. The number of carbonyl (C=O) groups is 2. The highest BCUT2D eigenvalue weighted by Crippen LogP contribution is 2.64. The lowest BCUT2D eigenvalue weighted by Gasteiger charge is -2.52. The SMILES string of the molecule is O=C1[C@@H]2C3c4ccccc4C(C=Nc4ccc(Br)cc4)(c4ccccc43)[C@@H]2C(=O)N1c1ccccc1Cl. The normalized spacial score (nSPS) is 25.4. The molecule has 3 aliphatic carbocycles. The predicted molar refractivity (Wildman–Crippen MR) is 149 cm³/mol. The fraction of sp³-hybridized carbons (Fsp3) is 0.129. The van der Waals surface area contributed by atoms with Gasteiger partial charge in [-0.2, -0.15) is 0 Å². The number of carbonyl (C=O) groups excluding carboxylic acids is 2. The Hall–Kier alpha value is -3.54. The van der Waals surface area contributed by atoms with Gasteiger partial charge in [0.1, 0.15) is 0 Å². The Kier molecular flexibility index (Phi) is 5.04. The standard InChI is InChI=1S/C31H20BrClN2O2/c32-18-13-15-19(16-14-18)34-17-31-22-9-3-1-7-20(22)26(21-8-2-4-10-23(21)31)27-28(31)30(37)35(29(27)36)25-12-6-5-11-24(25)33/h1-17,26-28H/t26?,27-,28+,31?/m1/s1. The minimum Gasteiger partial charge on any atom is -0.274 e. The molecular weight excluding hydrogens is 548 g/mol. The van der Waals surface area contributed by atoms with E-state index in [1.807, 2.05) is 54.7 Å². The van der Waals surface area contributed by atoms with Crippen LogP contribution in [0.5, 0.6) is 0 Å². The number of amides is 2. The van der Waals surface area contributed by atoms with Gasteiger partial charge in [0, 0.05) is 16.6 Å². The molecule has 4 aromatic carbocycles. The molecule has 6 heteroatoms. The number of nitrogens with zero attached hydrogens (tertiary/aromatic N) is 2. The Morgan fingerprint density at radius 2 is 1.38 bits per heavy atom. The molecule has 0 unspecified atom stereocenters. The molecule has 1 heterocycles. The second kappa shape index (κ2) is 8.23. The lowest BCUT2D eigenvalue weighted by molar-refractivity contribution is -0.122. The van der Waals surface area contributed by atoms with Gasteiger partial charge in [0.05, 0.1) is 33.6 Å². The van der Waals surface area contributed by atoms with Crippen molar-refractivity contribution in [2.24, 2.45) is 16.8 Å². The van der Waals surface area contributed by atoms with Gasteiger partial charge in [-0.1, -0.05) is 88.2 Å². The summed E-state index contributed by atoms with van der Waals surface area (Å²) in [6, 6.07) is 31.1. The molecule has 0 radical (unpaired) electrons. The topological polar surface area (TPSA) is 49.7 Å². The molecule has 1 saturated heterocycles. The van der Waals surface area contributed by atoms with E-state index in [0.717, 1.165) is 32.4 Å². The molecule has 180 valence electrons. The van der Waals surface area contributed by atoms with Crippen molar-refractivity contribution in [3.63, 3.8) is 0 Å². The zero-order chi connectivity index (χ0) is 25.3. The second-order valence-corrected chi connectivity index (χ2v) is 11.0. The molecule has 4 nitrogen and oxygen atoms in total. The zero-order valence-electron chi connectivity index (χ0n) is 19.5. The van der Waals surface area contributed by atoms with E-state index >= 15 is 0 Å². The molecule has 0 aromatic heterocycles. The van der Waals surface area contributed by atoms with Crippen LogP contribution in [-0.2, 0) is 15.0 Å². The van der Waals surface area contributed by atoms with E-state index in [1.54, 1.807) is 24.3 Å². The third-order valence-corrected chi connectivity index (χ3v) is 8.87. The summed E-state index contributed by atoms with van der Waals surface area (Å²) in [5.74, 6) is -1.85. The van der Waals surface area contributed by atoms with Crippen molar-refractivity contribution in [2.75, 3.05) is 4.90 Å². The number of para-hydroxylation sites is 1. The predicted octanol–water partition coefficient (Wildman–Crippen LogP) is 7.06. The summed E-state index contributed by atoms with van der Waals surface area (Å²) < 4.78 is 0.963. The Bertz CT molecular complexity index is 1580. The molecular formula is C31H20BrClN2O2. The van der Waals surface area contributed by atoms with Gasteiger partial charge in [0.25, 0.3) is 0 Å². The zero-order valence-corrected chi connectivity index (χ0v) is 21.9. The monoisotopic (exact) mass is 566 g/mol. The first kappa shape index (κ1) is 22.6. The van der Waals surface area contributed by atoms with Gasteiger partial charge in [0.15, 0.2) is 0 Å². The van der Waals surface area contributed by atoms with E-state index in [1.165, 1.54) is 4.90 Å². The van der Waals surface area contributed by atoms with Gasteiger partial charge in [-0.25, -0.2) is 4.90 Å². The van der Waals surface area contributed by atoms with E-state index in [9.17, 15) is 9.59 Å². The van der Waals surface area contributed by atoms with E-state index < -0.39 is 17.3 Å². The lowest BCUT2D eigenvalue weighted by atomic mass is 9.47. The van der Waals surface area contributed by atoms with Crippen molar-refractivity contribution in [1.29, 1.82) is 0 Å². The minimum absolute atomic E-state index is 0.210. The Balaban J connectivity index is 1.51. The summed E-state index contributed by atoms with van der Waals surface area (Å²) in [6.07, 6.45) is 1.90. The van der Waals surface area contributed by atoms with Gasteiger partial charge in [0.2, 0.25) is 11.8 Å². The highest BCUT2D eigenvalue weighted by Gasteiger charge is 2.68. The number of benzene rings is 4. The number of halogens is 2. The summed E-state index contributed by atoms with van der Waals surface area (Å²) in [7, 11) is 0. The average molecular weight is 568 g/mol. The first-order chi connectivity index (χ1) is 18.0. The van der Waals surface area contributed by atoms with Crippen LogP contribution in [0.2, 0.25) is 5.02 Å². The van der Waals surface area contributed by atoms with Crippen LogP contribution >= 0.6 is 27.5 Å². The number of anilines is 1. The molecule has 1 aliphatic heterocycles. The summed E-state index contributed by atoms with van der Waals surface area (Å²) in [5, 5.41) is 0.378. The van der Waals surface area contributed by atoms with E-state index in [2.05, 4.69) is 40.2 Å². The maximum atomic E-state index is 14.4. The van der Waals surface area contributed by atoms with Crippen LogP contribution in [0.1, 0.15) is 28.2 Å². The lowest BCUT2D eigenvalue weighted by Crippen LogP contribution is -2.54. The molecule has 0 saturated carbocycles. The Morgan fingerprint density at radius 3 is 2.03 bits per heavy atom. The molecule has 2 bridgehead atoms. The van der Waals surface area contributed by atoms with Gasteiger partial charge in [-0.3, -0.25) is 14.6 Å². The van der Waals surface area contributed by atoms with Crippen LogP contribution < -0.4 is 4.90 Å². The summed E-state index contributed by atoms with van der Waals surface area (Å²) in [5.41, 5.74) is 4.52. The maximum Gasteiger partial charge on any atom is 0.239 e. The highest BCUT2D eigenvalue weighted by atomic mass is 79.9. The highest BCUT2D eigenvalue weighted by molar-refractivity contribution is 9.10. The van der Waals surface area contributed by atoms with Crippen molar-refractivity contribution < 1.29 is 9.59 Å².